The van der Waals surface area contributed by atoms with Crippen molar-refractivity contribution in [1.29, 1.82) is 0 Å². The van der Waals surface area contributed by atoms with Crippen LogP contribution in [0.4, 0.5) is 5.69 Å². The Morgan fingerprint density at radius 2 is 1.62 bits per heavy atom. The Labute approximate surface area is 205 Å². The van der Waals surface area contributed by atoms with Crippen LogP contribution in [-0.2, 0) is 10.0 Å². The lowest BCUT2D eigenvalue weighted by molar-refractivity contribution is 0.0940. The first-order valence-electron chi connectivity index (χ1n) is 10.8. The molecule has 0 aromatic heterocycles. The average molecular weight is 503 g/mol. The zero-order chi connectivity index (χ0) is 24.7. The second-order valence-electron chi connectivity index (χ2n) is 7.38. The third kappa shape index (κ3) is 6.21. The fourth-order valence-electron chi connectivity index (χ4n) is 3.27. The van der Waals surface area contributed by atoms with Gasteiger partial charge in [-0.3, -0.25) is 9.52 Å². The average Bonchev–Trinajstić information content (AvgIpc) is 2.82. The number of amides is 1. The molecule has 0 fully saturated rings. The van der Waals surface area contributed by atoms with Gasteiger partial charge in [-0.05, 0) is 68.8 Å². The maximum absolute atomic E-state index is 13.0. The molecule has 3 aromatic carbocycles. The lowest BCUT2D eigenvalue weighted by Crippen LogP contribution is -2.27. The molecule has 3 rings (SSSR count). The van der Waals surface area contributed by atoms with Crippen LogP contribution in [0.15, 0.2) is 71.6 Å². The topological polar surface area (TPSA) is 93.7 Å². The van der Waals surface area contributed by atoms with Crippen LogP contribution < -0.4 is 19.5 Å². The summed E-state index contributed by atoms with van der Waals surface area (Å²) in [6.45, 7) is 6.60. The number of carbonyl (C=O) groups is 1. The van der Waals surface area contributed by atoms with E-state index in [0.29, 0.717) is 24.7 Å². The minimum Gasteiger partial charge on any atom is -0.490 e. The van der Waals surface area contributed by atoms with Crippen molar-refractivity contribution in [2.75, 3.05) is 17.9 Å². The highest BCUT2D eigenvalue weighted by atomic mass is 35.5. The van der Waals surface area contributed by atoms with E-state index >= 15 is 0 Å². The van der Waals surface area contributed by atoms with Crippen molar-refractivity contribution in [3.8, 4) is 11.5 Å². The van der Waals surface area contributed by atoms with E-state index in [1.54, 1.807) is 24.3 Å². The van der Waals surface area contributed by atoms with Gasteiger partial charge < -0.3 is 14.8 Å². The molecule has 9 heteroatoms. The van der Waals surface area contributed by atoms with Crippen molar-refractivity contribution in [1.82, 2.24) is 5.32 Å². The summed E-state index contributed by atoms with van der Waals surface area (Å²) in [5.74, 6) is 0.788. The highest BCUT2D eigenvalue weighted by Crippen LogP contribution is 2.31. The lowest BCUT2D eigenvalue weighted by atomic mass is 10.1. The van der Waals surface area contributed by atoms with E-state index in [1.165, 1.54) is 30.3 Å². The molecule has 0 unspecified atom stereocenters. The Morgan fingerprint density at radius 3 is 2.29 bits per heavy atom. The van der Waals surface area contributed by atoms with E-state index in [1.807, 2.05) is 32.9 Å². The molecular weight excluding hydrogens is 476 g/mol. The Bertz CT molecular complexity index is 1250. The molecule has 0 saturated heterocycles. The molecule has 3 aromatic rings. The summed E-state index contributed by atoms with van der Waals surface area (Å²) in [5.41, 5.74) is 1.20. The summed E-state index contributed by atoms with van der Waals surface area (Å²) < 4.78 is 39.0. The largest absolute Gasteiger partial charge is 0.490 e. The van der Waals surface area contributed by atoms with Gasteiger partial charge in [-0.15, -0.1) is 0 Å². The molecule has 0 aliphatic carbocycles. The van der Waals surface area contributed by atoms with E-state index in [0.717, 1.165) is 5.56 Å². The summed E-state index contributed by atoms with van der Waals surface area (Å²) in [4.78, 5) is 13.1. The smallest absolute Gasteiger partial charge is 0.261 e. The first kappa shape index (κ1) is 25.4. The van der Waals surface area contributed by atoms with Gasteiger partial charge >= 0.3 is 0 Å². The first-order chi connectivity index (χ1) is 16.2. The molecule has 1 atom stereocenters. The summed E-state index contributed by atoms with van der Waals surface area (Å²) in [7, 11) is -3.80. The van der Waals surface area contributed by atoms with E-state index in [2.05, 4.69) is 10.0 Å². The van der Waals surface area contributed by atoms with E-state index in [-0.39, 0.29) is 27.2 Å². The van der Waals surface area contributed by atoms with Crippen molar-refractivity contribution in [3.05, 3.63) is 82.9 Å². The van der Waals surface area contributed by atoms with Crippen molar-refractivity contribution >= 4 is 33.2 Å². The molecule has 0 aliphatic heterocycles. The molecule has 0 bridgehead atoms. The molecule has 1 amide bonds. The van der Waals surface area contributed by atoms with Gasteiger partial charge in [-0.1, -0.05) is 35.9 Å². The maximum atomic E-state index is 13.0. The molecule has 180 valence electrons. The maximum Gasteiger partial charge on any atom is 0.261 e. The highest BCUT2D eigenvalue weighted by molar-refractivity contribution is 7.92. The number of hydrogen-bond acceptors (Lipinski definition) is 5. The Hall–Kier alpha value is -3.23. The Morgan fingerprint density at radius 1 is 0.941 bits per heavy atom. The van der Waals surface area contributed by atoms with Crippen LogP contribution in [0, 0.1) is 0 Å². The van der Waals surface area contributed by atoms with Crippen LogP contribution >= 0.6 is 11.6 Å². The zero-order valence-corrected chi connectivity index (χ0v) is 20.7. The van der Waals surface area contributed by atoms with Gasteiger partial charge in [0.25, 0.3) is 15.9 Å². The normalized spacial score (nSPS) is 12.0. The summed E-state index contributed by atoms with van der Waals surface area (Å²) in [5, 5.41) is 3.10. The Kier molecular flexibility index (Phi) is 8.41. The summed E-state index contributed by atoms with van der Waals surface area (Å²) in [6.07, 6.45) is 0. The Balaban J connectivity index is 1.79. The van der Waals surface area contributed by atoms with Crippen LogP contribution in [-0.4, -0.2) is 27.5 Å². The molecule has 0 saturated carbocycles. The highest BCUT2D eigenvalue weighted by Gasteiger charge is 2.19. The van der Waals surface area contributed by atoms with Crippen LogP contribution in [0.5, 0.6) is 11.5 Å². The fraction of sp³-hybridized carbons (Fsp3) is 0.240. The van der Waals surface area contributed by atoms with Gasteiger partial charge in [0.05, 0.1) is 34.7 Å². The van der Waals surface area contributed by atoms with Crippen LogP contribution in [0.1, 0.15) is 42.7 Å². The van der Waals surface area contributed by atoms with Crippen molar-refractivity contribution in [2.24, 2.45) is 0 Å². The lowest BCUT2D eigenvalue weighted by Gasteiger charge is -2.18. The van der Waals surface area contributed by atoms with Crippen LogP contribution in [0.25, 0.3) is 0 Å². The number of ether oxygens (including phenoxy) is 2. The molecular formula is C25H27ClN2O5S. The van der Waals surface area contributed by atoms with Crippen molar-refractivity contribution in [2.45, 2.75) is 31.7 Å². The molecule has 0 radical (unpaired) electrons. The van der Waals surface area contributed by atoms with E-state index in [4.69, 9.17) is 21.1 Å². The van der Waals surface area contributed by atoms with Gasteiger partial charge in [-0.2, -0.15) is 0 Å². The minimum atomic E-state index is -3.80. The molecule has 0 aliphatic rings. The van der Waals surface area contributed by atoms with Gasteiger partial charge in [-0.25, -0.2) is 8.42 Å². The van der Waals surface area contributed by atoms with E-state index in [9.17, 15) is 13.2 Å². The third-order valence-electron chi connectivity index (χ3n) is 4.93. The summed E-state index contributed by atoms with van der Waals surface area (Å²) in [6, 6.07) is 17.5. The van der Waals surface area contributed by atoms with Crippen LogP contribution in [0.2, 0.25) is 5.02 Å². The molecule has 34 heavy (non-hydrogen) atoms. The molecule has 0 spiro atoms. The SMILES string of the molecule is CCOc1ccc([C@@H](C)NC(=O)c2cc(NS(=O)(=O)c3ccccc3)ccc2Cl)cc1OCC. The van der Waals surface area contributed by atoms with Crippen LogP contribution in [0.3, 0.4) is 0 Å². The second-order valence-corrected chi connectivity index (χ2v) is 9.47. The standard InChI is InChI=1S/C25H27ClN2O5S/c1-4-32-23-14-11-18(15-24(23)33-5-2)17(3)27-25(29)21-16-19(12-13-22(21)26)28-34(30,31)20-9-7-6-8-10-20/h6-17,28H,4-5H2,1-3H3,(H,27,29)/t17-/m1/s1. The summed E-state index contributed by atoms with van der Waals surface area (Å²) >= 11 is 6.26. The minimum absolute atomic E-state index is 0.116. The number of hydrogen-bond donors (Lipinski definition) is 2. The van der Waals surface area contributed by atoms with Crippen molar-refractivity contribution in [3.63, 3.8) is 0 Å². The van der Waals surface area contributed by atoms with E-state index < -0.39 is 15.9 Å². The molecule has 0 heterocycles. The zero-order valence-electron chi connectivity index (χ0n) is 19.2. The van der Waals surface area contributed by atoms with Gasteiger partial charge in [0.1, 0.15) is 0 Å². The third-order valence-corrected chi connectivity index (χ3v) is 6.66. The molecule has 2 N–H and O–H groups in total. The first-order valence-corrected chi connectivity index (χ1v) is 12.7. The number of benzene rings is 3. The van der Waals surface area contributed by atoms with Gasteiger partial charge in [0.2, 0.25) is 0 Å². The molecule has 7 nitrogen and oxygen atoms in total. The van der Waals surface area contributed by atoms with Crippen molar-refractivity contribution < 1.29 is 22.7 Å². The number of sulfonamides is 1. The quantitative estimate of drug-likeness (QED) is 0.385. The number of carbonyl (C=O) groups excluding carboxylic acids is 1. The number of nitrogens with one attached hydrogen (secondary N) is 2. The fourth-order valence-corrected chi connectivity index (χ4v) is 4.55. The van der Waals surface area contributed by atoms with Gasteiger partial charge in [0, 0.05) is 5.69 Å². The second kappa shape index (κ2) is 11.3. The number of halogens is 1. The number of anilines is 1. The predicted molar refractivity (Wildman–Crippen MR) is 133 cm³/mol. The van der Waals surface area contributed by atoms with Gasteiger partial charge in [0.15, 0.2) is 11.5 Å². The number of rotatable bonds is 10. The predicted octanol–water partition coefficient (Wildman–Crippen LogP) is 5.43. The monoisotopic (exact) mass is 502 g/mol.